The number of ether oxygens (including phenoxy) is 1. The molecular weight excluding hydrogens is 348 g/mol. The zero-order chi connectivity index (χ0) is 19.8. The van der Waals surface area contributed by atoms with Gasteiger partial charge in [-0.1, -0.05) is 0 Å². The number of carbonyl (C=O) groups is 2. The van der Waals surface area contributed by atoms with E-state index in [1.165, 1.54) is 11.1 Å². The van der Waals surface area contributed by atoms with Crippen LogP contribution in [0.3, 0.4) is 0 Å². The Kier molecular flexibility index (Phi) is 6.84. The number of nitriles is 2. The van der Waals surface area contributed by atoms with Crippen molar-refractivity contribution in [2.75, 3.05) is 19.7 Å². The summed E-state index contributed by atoms with van der Waals surface area (Å²) in [5, 5.41) is 22.3. The van der Waals surface area contributed by atoms with Gasteiger partial charge in [-0.05, 0) is 19.9 Å². The maximum Gasteiger partial charge on any atom is 0.340 e. The highest BCUT2D eigenvalue weighted by Gasteiger charge is 2.17. The first kappa shape index (κ1) is 19.9. The number of esters is 1. The average molecular weight is 368 g/mol. The number of rotatable bonds is 8. The third kappa shape index (κ3) is 5.02. The van der Waals surface area contributed by atoms with Crippen molar-refractivity contribution in [1.29, 1.82) is 10.5 Å². The van der Waals surface area contributed by atoms with Crippen molar-refractivity contribution in [3.8, 4) is 12.1 Å². The molecule has 0 unspecified atom stereocenters. The molecule has 0 atom stereocenters. The second-order valence-electron chi connectivity index (χ2n) is 6.09. The van der Waals surface area contributed by atoms with E-state index in [1.54, 1.807) is 16.9 Å². The number of aromatic nitrogens is 3. The third-order valence-corrected chi connectivity index (χ3v) is 3.82. The molecule has 0 saturated carbocycles. The van der Waals surface area contributed by atoms with Crippen molar-refractivity contribution in [3.05, 3.63) is 24.0 Å². The van der Waals surface area contributed by atoms with Crippen LogP contribution in [0, 0.1) is 22.7 Å². The Hall–Kier alpha value is -3.46. The fourth-order valence-electron chi connectivity index (χ4n) is 2.46. The van der Waals surface area contributed by atoms with Gasteiger partial charge in [0.05, 0.1) is 36.7 Å². The largest absolute Gasteiger partial charge is 0.452 e. The topological polar surface area (TPSA) is 125 Å². The standard InChI is InChI=1S/C18H20N6O3/c1-13(2)24-17-14(11-22-24)9-15(10-21-17)18(26)27-12-16(25)23(7-3-5-19)8-4-6-20/h9-11,13H,3-4,7-8,12H2,1-2H3. The first-order chi connectivity index (χ1) is 13.0. The number of pyridine rings is 1. The molecule has 0 bridgehead atoms. The van der Waals surface area contributed by atoms with Gasteiger partial charge in [0, 0.05) is 30.7 Å². The smallest absolute Gasteiger partial charge is 0.340 e. The predicted octanol–water partition coefficient (Wildman–Crippen LogP) is 1.82. The van der Waals surface area contributed by atoms with Crippen molar-refractivity contribution >= 4 is 22.9 Å². The zero-order valence-electron chi connectivity index (χ0n) is 15.3. The molecule has 9 nitrogen and oxygen atoms in total. The van der Waals surface area contributed by atoms with E-state index in [4.69, 9.17) is 15.3 Å². The van der Waals surface area contributed by atoms with Gasteiger partial charge in [0.15, 0.2) is 12.3 Å². The van der Waals surface area contributed by atoms with Crippen LogP contribution in [0.1, 0.15) is 43.1 Å². The van der Waals surface area contributed by atoms with Gasteiger partial charge in [0.1, 0.15) is 0 Å². The first-order valence-electron chi connectivity index (χ1n) is 8.50. The summed E-state index contributed by atoms with van der Waals surface area (Å²) in [5.74, 6) is -1.12. The molecule has 140 valence electrons. The van der Waals surface area contributed by atoms with Gasteiger partial charge >= 0.3 is 5.97 Å². The molecule has 1 amide bonds. The van der Waals surface area contributed by atoms with Crippen molar-refractivity contribution in [2.24, 2.45) is 0 Å². The van der Waals surface area contributed by atoms with Crippen LogP contribution in [0.15, 0.2) is 18.5 Å². The van der Waals surface area contributed by atoms with Crippen molar-refractivity contribution in [3.63, 3.8) is 0 Å². The summed E-state index contributed by atoms with van der Waals surface area (Å²) in [6.07, 6.45) is 3.30. The van der Waals surface area contributed by atoms with Gasteiger partial charge in [-0.15, -0.1) is 0 Å². The zero-order valence-corrected chi connectivity index (χ0v) is 15.3. The first-order valence-corrected chi connectivity index (χ1v) is 8.50. The highest BCUT2D eigenvalue weighted by Crippen LogP contribution is 2.17. The number of amides is 1. The van der Waals surface area contributed by atoms with E-state index in [0.29, 0.717) is 11.0 Å². The Labute approximate surface area is 156 Å². The second-order valence-corrected chi connectivity index (χ2v) is 6.09. The lowest BCUT2D eigenvalue weighted by atomic mass is 10.2. The highest BCUT2D eigenvalue weighted by molar-refractivity contribution is 5.94. The van der Waals surface area contributed by atoms with Gasteiger partial charge in [0.25, 0.3) is 5.91 Å². The van der Waals surface area contributed by atoms with E-state index in [1.807, 2.05) is 26.0 Å². The van der Waals surface area contributed by atoms with Crippen LogP contribution in [0.2, 0.25) is 0 Å². The summed E-state index contributed by atoms with van der Waals surface area (Å²) in [6, 6.07) is 5.65. The second kappa shape index (κ2) is 9.30. The minimum absolute atomic E-state index is 0.137. The van der Waals surface area contributed by atoms with E-state index in [2.05, 4.69) is 10.1 Å². The molecule has 0 spiro atoms. The molecule has 0 saturated heterocycles. The average Bonchev–Trinajstić information content (AvgIpc) is 3.09. The molecule has 0 aromatic carbocycles. The summed E-state index contributed by atoms with van der Waals surface area (Å²) in [4.78, 5) is 30.0. The number of hydrogen-bond donors (Lipinski definition) is 0. The van der Waals surface area contributed by atoms with E-state index in [9.17, 15) is 9.59 Å². The molecule has 2 rings (SSSR count). The van der Waals surface area contributed by atoms with Crippen molar-refractivity contribution < 1.29 is 14.3 Å². The van der Waals surface area contributed by atoms with Crippen molar-refractivity contribution in [2.45, 2.75) is 32.7 Å². The summed E-state index contributed by atoms with van der Waals surface area (Å²) in [6.45, 7) is 3.88. The van der Waals surface area contributed by atoms with Crippen LogP contribution >= 0.6 is 0 Å². The highest BCUT2D eigenvalue weighted by atomic mass is 16.5. The molecule has 9 heteroatoms. The van der Waals surface area contributed by atoms with E-state index in [-0.39, 0.29) is 37.5 Å². The van der Waals surface area contributed by atoms with Gasteiger partial charge < -0.3 is 9.64 Å². The molecule has 0 aliphatic carbocycles. The SMILES string of the molecule is CC(C)n1ncc2cc(C(=O)OCC(=O)N(CCC#N)CCC#N)cnc21. The monoisotopic (exact) mass is 368 g/mol. The molecule has 0 aliphatic rings. The van der Waals surface area contributed by atoms with Crippen molar-refractivity contribution in [1.82, 2.24) is 19.7 Å². The molecule has 2 aromatic rings. The quantitative estimate of drug-likeness (QED) is 0.651. The van der Waals surface area contributed by atoms with E-state index < -0.39 is 18.5 Å². The summed E-state index contributed by atoms with van der Waals surface area (Å²) in [5.41, 5.74) is 0.885. The lowest BCUT2D eigenvalue weighted by molar-refractivity contribution is -0.134. The molecule has 0 N–H and O–H groups in total. The minimum atomic E-state index is -0.671. The maximum atomic E-state index is 12.2. The molecule has 0 fully saturated rings. The lowest BCUT2D eigenvalue weighted by Gasteiger charge is -2.20. The number of hydrogen-bond acceptors (Lipinski definition) is 7. The van der Waals surface area contributed by atoms with Crippen LogP contribution in [0.4, 0.5) is 0 Å². The summed E-state index contributed by atoms with van der Waals surface area (Å²) < 4.78 is 6.82. The fourth-order valence-corrected chi connectivity index (χ4v) is 2.46. The van der Waals surface area contributed by atoms with Gasteiger partial charge in [-0.25, -0.2) is 14.5 Å². The molecular formula is C18H20N6O3. The molecule has 27 heavy (non-hydrogen) atoms. The van der Waals surface area contributed by atoms with Crippen LogP contribution in [-0.2, 0) is 9.53 Å². The Balaban J connectivity index is 2.01. The summed E-state index contributed by atoms with van der Waals surface area (Å²) in [7, 11) is 0. The normalized spacial score (nSPS) is 10.4. The van der Waals surface area contributed by atoms with Gasteiger partial charge in [-0.3, -0.25) is 4.79 Å². The van der Waals surface area contributed by atoms with Crippen LogP contribution in [-0.4, -0.2) is 51.2 Å². The Bertz CT molecular complexity index is 888. The number of fused-ring (bicyclic) bond motifs is 1. The Morgan fingerprint density at radius 3 is 2.48 bits per heavy atom. The Morgan fingerprint density at radius 2 is 1.89 bits per heavy atom. The van der Waals surface area contributed by atoms with Gasteiger partial charge in [0.2, 0.25) is 0 Å². The molecule has 2 aromatic heterocycles. The lowest BCUT2D eigenvalue weighted by Crippen LogP contribution is -2.36. The third-order valence-electron chi connectivity index (χ3n) is 3.82. The predicted molar refractivity (Wildman–Crippen MR) is 95.2 cm³/mol. The van der Waals surface area contributed by atoms with E-state index >= 15 is 0 Å². The minimum Gasteiger partial charge on any atom is -0.452 e. The fraction of sp³-hybridized carbons (Fsp3) is 0.444. The molecule has 2 heterocycles. The molecule has 0 aliphatic heterocycles. The van der Waals surface area contributed by atoms with Crippen LogP contribution in [0.5, 0.6) is 0 Å². The van der Waals surface area contributed by atoms with Crippen LogP contribution in [0.25, 0.3) is 11.0 Å². The Morgan fingerprint density at radius 1 is 1.22 bits per heavy atom. The number of nitrogens with zero attached hydrogens (tertiary/aromatic N) is 6. The van der Waals surface area contributed by atoms with Crippen LogP contribution < -0.4 is 0 Å². The summed E-state index contributed by atoms with van der Waals surface area (Å²) >= 11 is 0. The maximum absolute atomic E-state index is 12.2. The molecule has 0 radical (unpaired) electrons. The van der Waals surface area contributed by atoms with Gasteiger partial charge in [-0.2, -0.15) is 15.6 Å². The van der Waals surface area contributed by atoms with E-state index in [0.717, 1.165) is 0 Å². The number of carbonyl (C=O) groups excluding carboxylic acids is 2.